The highest BCUT2D eigenvalue weighted by Gasteiger charge is 2.05. The van der Waals surface area contributed by atoms with E-state index in [-0.39, 0.29) is 5.56 Å². The van der Waals surface area contributed by atoms with E-state index < -0.39 is 0 Å². The molecule has 3 aromatic rings. The van der Waals surface area contributed by atoms with Crippen LogP contribution in [0.25, 0.3) is 22.4 Å². The van der Waals surface area contributed by atoms with Gasteiger partial charge in [-0.15, -0.1) is 0 Å². The van der Waals surface area contributed by atoms with E-state index in [0.717, 1.165) is 16.6 Å². The van der Waals surface area contributed by atoms with Gasteiger partial charge in [0.1, 0.15) is 5.82 Å². The Bertz CT molecular complexity index is 812. The second kappa shape index (κ2) is 5.18. The van der Waals surface area contributed by atoms with Crippen molar-refractivity contribution in [2.45, 2.75) is 6.54 Å². The summed E-state index contributed by atoms with van der Waals surface area (Å²) in [6.07, 6.45) is 3.29. The lowest BCUT2D eigenvalue weighted by Gasteiger charge is -2.05. The third-order valence-corrected chi connectivity index (χ3v) is 2.90. The van der Waals surface area contributed by atoms with Crippen molar-refractivity contribution >= 4 is 11.0 Å². The molecule has 2 aromatic heterocycles. The third kappa shape index (κ3) is 2.41. The summed E-state index contributed by atoms with van der Waals surface area (Å²) in [5.41, 5.74) is 2.93. The lowest BCUT2D eigenvalue weighted by Crippen LogP contribution is -2.14. The quantitative estimate of drug-likeness (QED) is 0.742. The lowest BCUT2D eigenvalue weighted by molar-refractivity contribution is 0.785. The number of aromatic nitrogens is 4. The molecule has 1 aromatic carbocycles. The zero-order valence-electron chi connectivity index (χ0n) is 10.9. The normalized spacial score (nSPS) is 10.8. The van der Waals surface area contributed by atoms with E-state index in [4.69, 9.17) is 0 Å². The lowest BCUT2D eigenvalue weighted by atomic mass is 10.2. The summed E-state index contributed by atoms with van der Waals surface area (Å²) in [5, 5.41) is 2.98. The topological polar surface area (TPSA) is 83.6 Å². The number of H-pyrrole nitrogens is 1. The van der Waals surface area contributed by atoms with E-state index in [1.165, 1.54) is 6.07 Å². The van der Waals surface area contributed by atoms with Gasteiger partial charge in [-0.3, -0.25) is 14.8 Å². The fourth-order valence-electron chi connectivity index (χ4n) is 2.03. The Labute approximate surface area is 114 Å². The van der Waals surface area contributed by atoms with Gasteiger partial charge in [-0.2, -0.15) is 0 Å². The summed E-state index contributed by atoms with van der Waals surface area (Å²) in [6, 6.07) is 7.09. The molecule has 0 aliphatic rings. The van der Waals surface area contributed by atoms with Crippen LogP contribution in [0.3, 0.4) is 0 Å². The molecule has 0 saturated carbocycles. The van der Waals surface area contributed by atoms with Gasteiger partial charge in [-0.25, -0.2) is 4.98 Å². The summed E-state index contributed by atoms with van der Waals surface area (Å²) < 4.78 is 0. The Morgan fingerprint density at radius 1 is 1.15 bits per heavy atom. The number of benzene rings is 1. The Hall–Kier alpha value is -2.60. The second-order valence-electron chi connectivity index (χ2n) is 4.38. The van der Waals surface area contributed by atoms with Crippen LogP contribution >= 0.6 is 0 Å². The number of rotatable bonds is 3. The zero-order valence-corrected chi connectivity index (χ0v) is 10.9. The highest BCUT2D eigenvalue weighted by Crippen LogP contribution is 2.18. The van der Waals surface area contributed by atoms with E-state index >= 15 is 0 Å². The summed E-state index contributed by atoms with van der Waals surface area (Å²) in [4.78, 5) is 27.3. The number of fused-ring (bicyclic) bond motifs is 1. The average Bonchev–Trinajstić information content (AvgIpc) is 2.46. The van der Waals surface area contributed by atoms with Crippen molar-refractivity contribution in [1.82, 2.24) is 25.3 Å². The molecule has 100 valence electrons. The SMILES string of the molecule is CNCc1cc(=O)[nH]c(-c2ccc3nccnc3c2)n1. The number of hydrogen-bond acceptors (Lipinski definition) is 5. The van der Waals surface area contributed by atoms with Gasteiger partial charge in [0.2, 0.25) is 0 Å². The molecule has 0 fully saturated rings. The maximum absolute atomic E-state index is 11.7. The van der Waals surface area contributed by atoms with Crippen LogP contribution in [0.5, 0.6) is 0 Å². The summed E-state index contributed by atoms with van der Waals surface area (Å²) in [5.74, 6) is 0.537. The molecule has 0 atom stereocenters. The Kier molecular flexibility index (Phi) is 3.22. The van der Waals surface area contributed by atoms with Crippen LogP contribution in [-0.2, 0) is 6.54 Å². The molecule has 20 heavy (non-hydrogen) atoms. The molecule has 2 N–H and O–H groups in total. The van der Waals surface area contributed by atoms with E-state index in [1.54, 1.807) is 12.4 Å². The van der Waals surface area contributed by atoms with Crippen LogP contribution in [0.15, 0.2) is 41.5 Å². The van der Waals surface area contributed by atoms with Crippen molar-refractivity contribution < 1.29 is 0 Å². The molecule has 0 amide bonds. The molecular weight excluding hydrogens is 254 g/mol. The summed E-state index contributed by atoms with van der Waals surface area (Å²) >= 11 is 0. The maximum atomic E-state index is 11.7. The van der Waals surface area contributed by atoms with Gasteiger partial charge in [-0.1, -0.05) is 0 Å². The first-order valence-corrected chi connectivity index (χ1v) is 6.22. The van der Waals surface area contributed by atoms with Crippen LogP contribution in [-0.4, -0.2) is 27.0 Å². The highest BCUT2D eigenvalue weighted by atomic mass is 16.1. The van der Waals surface area contributed by atoms with Crippen molar-refractivity contribution in [3.63, 3.8) is 0 Å². The van der Waals surface area contributed by atoms with Crippen molar-refractivity contribution in [2.24, 2.45) is 0 Å². The first-order valence-electron chi connectivity index (χ1n) is 6.22. The minimum atomic E-state index is -0.167. The zero-order chi connectivity index (χ0) is 13.9. The van der Waals surface area contributed by atoms with Gasteiger partial charge in [0.25, 0.3) is 5.56 Å². The molecule has 0 unspecified atom stereocenters. The predicted octanol–water partition coefficient (Wildman–Crippen LogP) is 1.10. The van der Waals surface area contributed by atoms with Gasteiger partial charge < -0.3 is 10.3 Å². The van der Waals surface area contributed by atoms with E-state index in [9.17, 15) is 4.79 Å². The Morgan fingerprint density at radius 3 is 2.75 bits per heavy atom. The monoisotopic (exact) mass is 267 g/mol. The van der Waals surface area contributed by atoms with Gasteiger partial charge in [0.05, 0.1) is 16.7 Å². The largest absolute Gasteiger partial charge is 0.314 e. The van der Waals surface area contributed by atoms with Gasteiger partial charge in [0, 0.05) is 30.6 Å². The first kappa shape index (κ1) is 12.4. The van der Waals surface area contributed by atoms with Crippen molar-refractivity contribution in [1.29, 1.82) is 0 Å². The molecule has 0 radical (unpaired) electrons. The molecule has 0 aliphatic heterocycles. The number of aromatic amines is 1. The number of hydrogen-bond donors (Lipinski definition) is 2. The summed E-state index contributed by atoms with van der Waals surface area (Å²) in [7, 11) is 1.81. The minimum Gasteiger partial charge on any atom is -0.314 e. The molecular formula is C14H13N5O. The van der Waals surface area contributed by atoms with Crippen LogP contribution in [0.4, 0.5) is 0 Å². The molecule has 0 saturated heterocycles. The summed E-state index contributed by atoms with van der Waals surface area (Å²) in [6.45, 7) is 0.546. The molecule has 0 bridgehead atoms. The number of nitrogens with one attached hydrogen (secondary N) is 2. The molecule has 6 heteroatoms. The number of nitrogens with zero attached hydrogens (tertiary/aromatic N) is 3. The van der Waals surface area contributed by atoms with Crippen molar-refractivity contribution in [2.75, 3.05) is 7.05 Å². The molecule has 0 aliphatic carbocycles. The fourth-order valence-corrected chi connectivity index (χ4v) is 2.03. The molecule has 3 rings (SSSR count). The van der Waals surface area contributed by atoms with Crippen LogP contribution < -0.4 is 10.9 Å². The average molecular weight is 267 g/mol. The smallest absolute Gasteiger partial charge is 0.251 e. The van der Waals surface area contributed by atoms with Gasteiger partial charge in [0.15, 0.2) is 0 Å². The van der Waals surface area contributed by atoms with Crippen LogP contribution in [0.1, 0.15) is 5.69 Å². The van der Waals surface area contributed by atoms with Crippen LogP contribution in [0.2, 0.25) is 0 Å². The van der Waals surface area contributed by atoms with Crippen molar-refractivity contribution in [3.05, 3.63) is 52.7 Å². The second-order valence-corrected chi connectivity index (χ2v) is 4.38. The van der Waals surface area contributed by atoms with E-state index in [1.807, 2.05) is 25.2 Å². The highest BCUT2D eigenvalue weighted by molar-refractivity contribution is 5.79. The molecule has 6 nitrogen and oxygen atoms in total. The predicted molar refractivity (Wildman–Crippen MR) is 76.2 cm³/mol. The van der Waals surface area contributed by atoms with Crippen LogP contribution in [0, 0.1) is 0 Å². The standard InChI is InChI=1S/C14H13N5O/c1-15-8-10-7-13(20)19-14(18-10)9-2-3-11-12(6-9)17-5-4-16-11/h2-7,15H,8H2,1H3,(H,18,19,20). The van der Waals surface area contributed by atoms with E-state index in [0.29, 0.717) is 18.1 Å². The molecule has 0 spiro atoms. The van der Waals surface area contributed by atoms with Gasteiger partial charge >= 0.3 is 0 Å². The minimum absolute atomic E-state index is 0.167. The first-order chi connectivity index (χ1) is 9.76. The Morgan fingerprint density at radius 2 is 1.95 bits per heavy atom. The Balaban J connectivity index is 2.12. The third-order valence-electron chi connectivity index (χ3n) is 2.90. The van der Waals surface area contributed by atoms with E-state index in [2.05, 4.69) is 25.3 Å². The maximum Gasteiger partial charge on any atom is 0.251 e. The van der Waals surface area contributed by atoms with Gasteiger partial charge in [-0.05, 0) is 25.2 Å². The molecule has 2 heterocycles. The van der Waals surface area contributed by atoms with Crippen molar-refractivity contribution in [3.8, 4) is 11.4 Å². The fraction of sp³-hybridized carbons (Fsp3) is 0.143.